The summed E-state index contributed by atoms with van der Waals surface area (Å²) in [5, 5.41) is 13.1. The summed E-state index contributed by atoms with van der Waals surface area (Å²) in [5.41, 5.74) is 4.03. The summed E-state index contributed by atoms with van der Waals surface area (Å²) in [6, 6.07) is 15.5. The number of carbonyl (C=O) groups excluding carboxylic acids is 1. The Hall–Kier alpha value is -3.23. The molecule has 0 atom stereocenters. The highest BCUT2D eigenvalue weighted by atomic mass is 35.5. The van der Waals surface area contributed by atoms with Gasteiger partial charge in [-0.2, -0.15) is 5.10 Å². The van der Waals surface area contributed by atoms with Gasteiger partial charge in [-0.25, -0.2) is 10.2 Å². The van der Waals surface area contributed by atoms with Gasteiger partial charge in [-0.15, -0.1) is 0 Å². The molecule has 0 radical (unpaired) electrons. The smallest absolute Gasteiger partial charge is 0.335 e. The second kappa shape index (κ2) is 9.31. The Morgan fingerprint density at radius 3 is 2.59 bits per heavy atom. The summed E-state index contributed by atoms with van der Waals surface area (Å²) in [4.78, 5) is 35.3. The van der Waals surface area contributed by atoms with Crippen molar-refractivity contribution in [3.05, 3.63) is 91.0 Å². The zero-order chi connectivity index (χ0) is 20.8. The molecule has 0 aliphatic heterocycles. The zero-order valence-electron chi connectivity index (χ0n) is 15.0. The summed E-state index contributed by atoms with van der Waals surface area (Å²) in [6.45, 7) is 0.128. The molecule has 3 rings (SSSR count). The first-order valence-electron chi connectivity index (χ1n) is 8.51. The Kier molecular flexibility index (Phi) is 6.58. The summed E-state index contributed by atoms with van der Waals surface area (Å²) in [5.74, 6) is -1.34. The average Bonchev–Trinajstić information content (AvgIpc) is 2.96. The van der Waals surface area contributed by atoms with Crippen molar-refractivity contribution in [3.8, 4) is 0 Å². The largest absolute Gasteiger partial charge is 0.478 e. The van der Waals surface area contributed by atoms with E-state index < -0.39 is 5.97 Å². The molecular weight excluding hydrogens is 414 g/mol. The fraction of sp³-hybridized carbons (Fsp3) is 0.100. The van der Waals surface area contributed by atoms with Gasteiger partial charge in [-0.3, -0.25) is 14.2 Å². The summed E-state index contributed by atoms with van der Waals surface area (Å²) < 4.78 is 1.32. The number of halogens is 1. The number of carboxylic acids is 1. The van der Waals surface area contributed by atoms with Crippen LogP contribution >= 0.6 is 22.9 Å². The molecule has 1 aromatic heterocycles. The number of rotatable bonds is 7. The molecule has 0 fully saturated rings. The minimum absolute atomic E-state index is 0.128. The number of hydrazone groups is 1. The number of thiazole rings is 1. The Morgan fingerprint density at radius 2 is 1.86 bits per heavy atom. The minimum atomic E-state index is -1.05. The van der Waals surface area contributed by atoms with Gasteiger partial charge >= 0.3 is 10.8 Å². The number of benzene rings is 2. The molecule has 29 heavy (non-hydrogen) atoms. The van der Waals surface area contributed by atoms with Crippen LogP contribution in [0.5, 0.6) is 0 Å². The van der Waals surface area contributed by atoms with Gasteiger partial charge in [0.25, 0.3) is 0 Å². The highest BCUT2D eigenvalue weighted by molar-refractivity contribution is 7.11. The van der Waals surface area contributed by atoms with Gasteiger partial charge < -0.3 is 5.11 Å². The number of hydrogen-bond acceptors (Lipinski definition) is 5. The van der Waals surface area contributed by atoms with Crippen LogP contribution in [0.1, 0.15) is 26.4 Å². The lowest BCUT2D eigenvalue weighted by Gasteiger charge is -2.05. The normalized spacial score (nSPS) is 10.9. The second-order valence-electron chi connectivity index (χ2n) is 6.07. The second-order valence-corrected chi connectivity index (χ2v) is 7.42. The number of carbonyl (C=O) groups is 2. The quantitative estimate of drug-likeness (QED) is 0.445. The number of aromatic carboxylic acids is 1. The zero-order valence-corrected chi connectivity index (χ0v) is 16.6. The minimum Gasteiger partial charge on any atom is -0.478 e. The molecule has 0 unspecified atom stereocenters. The first kappa shape index (κ1) is 20.5. The van der Waals surface area contributed by atoms with Crippen LogP contribution in [0.4, 0.5) is 0 Å². The van der Waals surface area contributed by atoms with Crippen LogP contribution in [0.15, 0.2) is 64.5 Å². The van der Waals surface area contributed by atoms with Crippen LogP contribution < -0.4 is 10.3 Å². The van der Waals surface area contributed by atoms with Gasteiger partial charge in [0.2, 0.25) is 5.91 Å². The molecule has 148 valence electrons. The number of hydrogen-bond donors (Lipinski definition) is 2. The van der Waals surface area contributed by atoms with E-state index in [1.807, 2.05) is 30.3 Å². The molecule has 0 aliphatic rings. The molecule has 0 aliphatic carbocycles. The molecule has 2 aromatic carbocycles. The lowest BCUT2D eigenvalue weighted by Crippen LogP contribution is -2.19. The predicted molar refractivity (Wildman–Crippen MR) is 112 cm³/mol. The van der Waals surface area contributed by atoms with Crippen LogP contribution in [0.2, 0.25) is 5.15 Å². The highest BCUT2D eigenvalue weighted by Gasteiger charge is 2.13. The number of carboxylic acid groups (broad SMARTS) is 1. The molecule has 2 N–H and O–H groups in total. The van der Waals surface area contributed by atoms with Crippen LogP contribution in [0.3, 0.4) is 0 Å². The predicted octanol–water partition coefficient (Wildman–Crippen LogP) is 3.00. The molecule has 9 heteroatoms. The van der Waals surface area contributed by atoms with E-state index in [0.29, 0.717) is 10.4 Å². The maximum atomic E-state index is 12.3. The first-order chi connectivity index (χ1) is 13.9. The Morgan fingerprint density at radius 1 is 1.14 bits per heavy atom. The van der Waals surface area contributed by atoms with Crippen molar-refractivity contribution in [1.82, 2.24) is 9.99 Å². The van der Waals surface area contributed by atoms with Gasteiger partial charge in [0, 0.05) is 0 Å². The van der Waals surface area contributed by atoms with E-state index in [9.17, 15) is 14.4 Å². The van der Waals surface area contributed by atoms with Crippen molar-refractivity contribution in [3.63, 3.8) is 0 Å². The topological polar surface area (TPSA) is 101 Å². The van der Waals surface area contributed by atoms with E-state index >= 15 is 0 Å². The van der Waals surface area contributed by atoms with Crippen LogP contribution in [-0.4, -0.2) is 27.8 Å². The van der Waals surface area contributed by atoms with Gasteiger partial charge in [0.05, 0.1) is 29.6 Å². The molecular formula is C20H16ClN3O4S. The number of aromatic nitrogens is 1. The van der Waals surface area contributed by atoms with Crippen LogP contribution in [0, 0.1) is 0 Å². The van der Waals surface area contributed by atoms with Crippen molar-refractivity contribution < 1.29 is 14.7 Å². The molecule has 0 saturated carbocycles. The first-order valence-corrected chi connectivity index (χ1v) is 9.70. The van der Waals surface area contributed by atoms with E-state index in [2.05, 4.69) is 10.5 Å². The van der Waals surface area contributed by atoms with Gasteiger partial charge in [0.15, 0.2) is 0 Å². The van der Waals surface area contributed by atoms with Gasteiger partial charge in [-0.1, -0.05) is 65.4 Å². The van der Waals surface area contributed by atoms with Crippen molar-refractivity contribution in [2.45, 2.75) is 13.0 Å². The van der Waals surface area contributed by atoms with E-state index in [1.165, 1.54) is 22.9 Å². The highest BCUT2D eigenvalue weighted by Crippen LogP contribution is 2.18. The van der Waals surface area contributed by atoms with Crippen molar-refractivity contribution in [2.24, 2.45) is 5.10 Å². The molecule has 0 saturated heterocycles. The summed E-state index contributed by atoms with van der Waals surface area (Å²) >= 11 is 7.16. The maximum Gasteiger partial charge on any atom is 0.335 e. The molecule has 7 nitrogen and oxygen atoms in total. The van der Waals surface area contributed by atoms with Crippen molar-refractivity contribution >= 4 is 41.0 Å². The van der Waals surface area contributed by atoms with Gasteiger partial charge in [0.1, 0.15) is 5.15 Å². The maximum absolute atomic E-state index is 12.3. The third kappa shape index (κ3) is 5.40. The lowest BCUT2D eigenvalue weighted by atomic mass is 10.1. The fourth-order valence-electron chi connectivity index (χ4n) is 2.59. The Balaban J connectivity index is 1.68. The summed E-state index contributed by atoms with van der Waals surface area (Å²) in [6.07, 6.45) is 1.50. The molecule has 1 heterocycles. The number of nitrogens with one attached hydrogen (secondary N) is 1. The Bertz CT molecular complexity index is 1120. The Labute approximate surface area is 174 Å². The van der Waals surface area contributed by atoms with E-state index in [4.69, 9.17) is 16.7 Å². The van der Waals surface area contributed by atoms with Crippen LogP contribution in [0.25, 0.3) is 0 Å². The molecule has 0 spiro atoms. The number of amides is 1. The standard InChI is InChI=1S/C20H16ClN3O4S/c21-18-16(11-22-23-17(25)10-13-5-2-1-3-6-13)29-20(28)24(18)12-14-7-4-8-15(9-14)19(26)27/h1-9,11H,10,12H2,(H,23,25)(H,26,27). The van der Waals surface area contributed by atoms with E-state index in [0.717, 1.165) is 16.9 Å². The van der Waals surface area contributed by atoms with E-state index in [-0.39, 0.29) is 34.5 Å². The molecule has 3 aromatic rings. The molecule has 1 amide bonds. The third-order valence-corrected chi connectivity index (χ3v) is 5.38. The van der Waals surface area contributed by atoms with E-state index in [1.54, 1.807) is 12.1 Å². The van der Waals surface area contributed by atoms with Crippen molar-refractivity contribution in [2.75, 3.05) is 0 Å². The number of nitrogens with zero attached hydrogens (tertiary/aromatic N) is 2. The monoisotopic (exact) mass is 429 g/mol. The molecule has 0 bridgehead atoms. The SMILES string of the molecule is O=C(Cc1ccccc1)NN=Cc1sc(=O)n(Cc2cccc(C(=O)O)c2)c1Cl. The fourth-order valence-corrected chi connectivity index (χ4v) is 3.69. The summed E-state index contributed by atoms with van der Waals surface area (Å²) in [7, 11) is 0. The van der Waals surface area contributed by atoms with Crippen LogP contribution in [-0.2, 0) is 17.8 Å². The lowest BCUT2D eigenvalue weighted by molar-refractivity contribution is -0.120. The van der Waals surface area contributed by atoms with Gasteiger partial charge in [-0.05, 0) is 23.3 Å². The van der Waals surface area contributed by atoms with Crippen molar-refractivity contribution in [1.29, 1.82) is 0 Å². The third-order valence-electron chi connectivity index (χ3n) is 3.95. The average molecular weight is 430 g/mol.